The Labute approximate surface area is 118 Å². The molecule has 0 spiro atoms. The van der Waals surface area contributed by atoms with E-state index in [-0.39, 0.29) is 17.6 Å². The number of urea groups is 1. The molecule has 0 saturated heterocycles. The standard InChI is InChI=1S/C15H20N2O3/c1-10(2)16-14(18)17-15(5-6-15)11-3-4-12-13(9-11)20-8-7-19-12/h3-4,9-10H,5-8H2,1-2H3,(H2,16,17,18). The second-order valence-corrected chi connectivity index (χ2v) is 5.69. The van der Waals surface area contributed by atoms with Gasteiger partial charge < -0.3 is 20.1 Å². The Morgan fingerprint density at radius 1 is 1.20 bits per heavy atom. The zero-order valence-electron chi connectivity index (χ0n) is 11.9. The molecule has 0 radical (unpaired) electrons. The molecule has 2 aliphatic rings. The van der Waals surface area contributed by atoms with Crippen molar-refractivity contribution < 1.29 is 14.3 Å². The minimum Gasteiger partial charge on any atom is -0.486 e. The zero-order chi connectivity index (χ0) is 14.2. The minimum absolute atomic E-state index is 0.118. The van der Waals surface area contributed by atoms with E-state index < -0.39 is 0 Å². The summed E-state index contributed by atoms with van der Waals surface area (Å²) in [5.74, 6) is 1.55. The molecule has 0 unspecified atom stereocenters. The molecule has 3 rings (SSSR count). The van der Waals surface area contributed by atoms with Crippen molar-refractivity contribution in [3.8, 4) is 11.5 Å². The first-order valence-electron chi connectivity index (χ1n) is 7.08. The highest BCUT2D eigenvalue weighted by atomic mass is 16.6. The smallest absolute Gasteiger partial charge is 0.315 e. The third kappa shape index (κ3) is 2.53. The summed E-state index contributed by atoms with van der Waals surface area (Å²) in [6.07, 6.45) is 1.91. The van der Waals surface area contributed by atoms with Gasteiger partial charge in [-0.2, -0.15) is 0 Å². The molecule has 1 aromatic carbocycles. The van der Waals surface area contributed by atoms with Gasteiger partial charge in [-0.15, -0.1) is 0 Å². The lowest BCUT2D eigenvalue weighted by molar-refractivity contribution is 0.171. The fourth-order valence-electron chi connectivity index (χ4n) is 2.47. The Hall–Kier alpha value is -1.91. The van der Waals surface area contributed by atoms with Crippen LogP contribution in [0.4, 0.5) is 4.79 Å². The Balaban J connectivity index is 1.76. The van der Waals surface area contributed by atoms with Crippen LogP contribution in [0.3, 0.4) is 0 Å². The monoisotopic (exact) mass is 276 g/mol. The molecular weight excluding hydrogens is 256 g/mol. The summed E-state index contributed by atoms with van der Waals surface area (Å²) in [5, 5.41) is 5.94. The normalized spacial score (nSPS) is 18.6. The topological polar surface area (TPSA) is 59.6 Å². The first-order valence-corrected chi connectivity index (χ1v) is 7.08. The molecule has 0 bridgehead atoms. The fraction of sp³-hybridized carbons (Fsp3) is 0.533. The maximum atomic E-state index is 11.9. The predicted molar refractivity (Wildman–Crippen MR) is 75.1 cm³/mol. The van der Waals surface area contributed by atoms with Crippen molar-refractivity contribution >= 4 is 6.03 Å². The zero-order valence-corrected chi connectivity index (χ0v) is 11.9. The van der Waals surface area contributed by atoms with Gasteiger partial charge in [-0.05, 0) is 44.4 Å². The van der Waals surface area contributed by atoms with Crippen LogP contribution in [0, 0.1) is 0 Å². The molecule has 5 heteroatoms. The van der Waals surface area contributed by atoms with Gasteiger partial charge in [0, 0.05) is 6.04 Å². The molecule has 1 aliphatic carbocycles. The van der Waals surface area contributed by atoms with E-state index in [9.17, 15) is 4.79 Å². The van der Waals surface area contributed by atoms with Crippen LogP contribution in [0.15, 0.2) is 18.2 Å². The summed E-state index contributed by atoms with van der Waals surface area (Å²) in [7, 11) is 0. The number of carbonyl (C=O) groups is 1. The SMILES string of the molecule is CC(C)NC(=O)NC1(c2ccc3c(c2)OCCO3)CC1. The van der Waals surface area contributed by atoms with Gasteiger partial charge in [-0.3, -0.25) is 0 Å². The lowest BCUT2D eigenvalue weighted by atomic mass is 10.0. The first kappa shape index (κ1) is 13.1. The maximum Gasteiger partial charge on any atom is 0.315 e. The highest BCUT2D eigenvalue weighted by Crippen LogP contribution is 2.47. The third-order valence-electron chi connectivity index (χ3n) is 3.62. The molecular formula is C15H20N2O3. The van der Waals surface area contributed by atoms with E-state index in [1.807, 2.05) is 32.0 Å². The van der Waals surface area contributed by atoms with Crippen LogP contribution in [-0.4, -0.2) is 25.3 Å². The lowest BCUT2D eigenvalue weighted by Crippen LogP contribution is -2.44. The van der Waals surface area contributed by atoms with E-state index in [1.54, 1.807) is 0 Å². The third-order valence-corrected chi connectivity index (χ3v) is 3.62. The van der Waals surface area contributed by atoms with Gasteiger partial charge in [0.1, 0.15) is 13.2 Å². The second-order valence-electron chi connectivity index (χ2n) is 5.69. The molecule has 1 heterocycles. The van der Waals surface area contributed by atoms with E-state index in [0.29, 0.717) is 13.2 Å². The van der Waals surface area contributed by atoms with Crippen molar-refractivity contribution in [2.45, 2.75) is 38.3 Å². The minimum atomic E-state index is -0.241. The lowest BCUT2D eigenvalue weighted by Gasteiger charge is -2.23. The van der Waals surface area contributed by atoms with E-state index in [0.717, 1.165) is 29.9 Å². The Kier molecular flexibility index (Phi) is 3.20. The van der Waals surface area contributed by atoms with Crippen molar-refractivity contribution in [1.82, 2.24) is 10.6 Å². The van der Waals surface area contributed by atoms with Gasteiger partial charge in [-0.1, -0.05) is 6.07 Å². The summed E-state index contributed by atoms with van der Waals surface area (Å²) in [6.45, 7) is 5.06. The highest BCUT2D eigenvalue weighted by Gasteiger charge is 2.46. The fourth-order valence-corrected chi connectivity index (χ4v) is 2.47. The Morgan fingerprint density at radius 2 is 1.90 bits per heavy atom. The molecule has 5 nitrogen and oxygen atoms in total. The summed E-state index contributed by atoms with van der Waals surface area (Å²) in [6, 6.07) is 5.93. The maximum absolute atomic E-state index is 11.9. The molecule has 1 aliphatic heterocycles. The van der Waals surface area contributed by atoms with Crippen molar-refractivity contribution in [3.63, 3.8) is 0 Å². The molecule has 1 saturated carbocycles. The number of carbonyl (C=O) groups excluding carboxylic acids is 1. The average Bonchev–Trinajstić information content (AvgIpc) is 3.18. The number of amides is 2. The number of fused-ring (bicyclic) bond motifs is 1. The largest absolute Gasteiger partial charge is 0.486 e. The highest BCUT2D eigenvalue weighted by molar-refractivity contribution is 5.76. The van der Waals surface area contributed by atoms with Crippen LogP contribution in [0.25, 0.3) is 0 Å². The van der Waals surface area contributed by atoms with Crippen LogP contribution in [0.5, 0.6) is 11.5 Å². The quantitative estimate of drug-likeness (QED) is 0.889. The molecule has 1 fully saturated rings. The van der Waals surface area contributed by atoms with Crippen LogP contribution < -0.4 is 20.1 Å². The Bertz CT molecular complexity index is 524. The number of nitrogens with one attached hydrogen (secondary N) is 2. The molecule has 0 aromatic heterocycles. The molecule has 2 N–H and O–H groups in total. The van der Waals surface area contributed by atoms with Crippen LogP contribution in [0.2, 0.25) is 0 Å². The molecule has 1 aromatic rings. The van der Waals surface area contributed by atoms with E-state index in [1.165, 1.54) is 0 Å². The Morgan fingerprint density at radius 3 is 2.55 bits per heavy atom. The van der Waals surface area contributed by atoms with Crippen molar-refractivity contribution in [1.29, 1.82) is 0 Å². The van der Waals surface area contributed by atoms with E-state index in [2.05, 4.69) is 10.6 Å². The summed E-state index contributed by atoms with van der Waals surface area (Å²) in [5.41, 5.74) is 0.843. The number of rotatable bonds is 3. The van der Waals surface area contributed by atoms with Crippen LogP contribution in [-0.2, 0) is 5.54 Å². The number of hydrogen-bond acceptors (Lipinski definition) is 3. The average molecular weight is 276 g/mol. The molecule has 0 atom stereocenters. The van der Waals surface area contributed by atoms with E-state index in [4.69, 9.17) is 9.47 Å². The van der Waals surface area contributed by atoms with Crippen molar-refractivity contribution in [2.75, 3.05) is 13.2 Å². The molecule has 20 heavy (non-hydrogen) atoms. The van der Waals surface area contributed by atoms with E-state index >= 15 is 0 Å². The molecule has 108 valence electrons. The van der Waals surface area contributed by atoms with Crippen molar-refractivity contribution in [2.24, 2.45) is 0 Å². The number of benzene rings is 1. The van der Waals surface area contributed by atoms with Crippen molar-refractivity contribution in [3.05, 3.63) is 23.8 Å². The van der Waals surface area contributed by atoms with Gasteiger partial charge in [-0.25, -0.2) is 4.79 Å². The summed E-state index contributed by atoms with van der Waals surface area (Å²) < 4.78 is 11.1. The van der Waals surface area contributed by atoms with Crippen LogP contribution >= 0.6 is 0 Å². The van der Waals surface area contributed by atoms with Crippen LogP contribution in [0.1, 0.15) is 32.3 Å². The van der Waals surface area contributed by atoms with Gasteiger partial charge in [0.05, 0.1) is 5.54 Å². The van der Waals surface area contributed by atoms with Gasteiger partial charge in [0.15, 0.2) is 11.5 Å². The predicted octanol–water partition coefficient (Wildman–Crippen LogP) is 2.15. The van der Waals surface area contributed by atoms with Gasteiger partial charge in [0.25, 0.3) is 0 Å². The van der Waals surface area contributed by atoms with Gasteiger partial charge >= 0.3 is 6.03 Å². The number of hydrogen-bond donors (Lipinski definition) is 2. The molecule has 2 amide bonds. The number of ether oxygens (including phenoxy) is 2. The van der Waals surface area contributed by atoms with Gasteiger partial charge in [0.2, 0.25) is 0 Å². The summed E-state index contributed by atoms with van der Waals surface area (Å²) >= 11 is 0. The first-order chi connectivity index (χ1) is 9.59. The summed E-state index contributed by atoms with van der Waals surface area (Å²) in [4.78, 5) is 11.9. The second kappa shape index (κ2) is 4.89.